The van der Waals surface area contributed by atoms with Crippen LogP contribution in [0.25, 0.3) is 0 Å². The van der Waals surface area contributed by atoms with Gasteiger partial charge in [0.15, 0.2) is 0 Å². The molecule has 0 aromatic heterocycles. The van der Waals surface area contributed by atoms with E-state index >= 15 is 0 Å². The number of rotatable bonds is 6. The Morgan fingerprint density at radius 3 is 2.40 bits per heavy atom. The van der Waals surface area contributed by atoms with Crippen molar-refractivity contribution in [2.24, 2.45) is 16.6 Å². The second-order valence-electron chi connectivity index (χ2n) is 5.20. The number of halogens is 1. The van der Waals surface area contributed by atoms with Crippen LogP contribution in [0.5, 0.6) is 0 Å². The van der Waals surface area contributed by atoms with Gasteiger partial charge in [-0.25, -0.2) is 13.1 Å². The summed E-state index contributed by atoms with van der Waals surface area (Å²) in [6, 6.07) is 13.4. The van der Waals surface area contributed by atoms with Crippen LogP contribution in [0, 0.1) is 0 Å². The van der Waals surface area contributed by atoms with Crippen LogP contribution in [-0.2, 0) is 16.6 Å². The van der Waals surface area contributed by atoms with Gasteiger partial charge < -0.3 is 0 Å². The first-order valence-corrected chi connectivity index (χ1v) is 9.17. The zero-order valence-electron chi connectivity index (χ0n) is 13.5. The minimum atomic E-state index is -3.65. The molecule has 0 fully saturated rings. The molecule has 0 amide bonds. The first kappa shape index (κ1) is 18.9. The molecule has 0 aliphatic carbocycles. The zero-order valence-corrected chi connectivity index (χ0v) is 15.1. The summed E-state index contributed by atoms with van der Waals surface area (Å²) in [6.07, 6.45) is 0. The number of nitrogens with zero attached hydrogens (tertiary/aromatic N) is 1. The molecule has 25 heavy (non-hydrogen) atoms. The summed E-state index contributed by atoms with van der Waals surface area (Å²) in [5.41, 5.74) is 12.6. The molecule has 0 radical (unpaired) electrons. The first-order chi connectivity index (χ1) is 11.8. The monoisotopic (exact) mass is 380 g/mol. The molecule has 0 atom stereocenters. The lowest BCUT2D eigenvalue weighted by Crippen LogP contribution is -2.72. The van der Waals surface area contributed by atoms with E-state index in [1.807, 2.05) is 0 Å². The topological polar surface area (TPSA) is 125 Å². The van der Waals surface area contributed by atoms with Crippen molar-refractivity contribution < 1.29 is 13.5 Å². The fraction of sp³-hybridized carbons (Fsp3) is 0.125. The fourth-order valence-corrected chi connectivity index (χ4v) is 3.20. The smallest absolute Gasteiger partial charge is 0.289 e. The minimum absolute atomic E-state index is 0.0256. The summed E-state index contributed by atoms with van der Waals surface area (Å²) in [5.74, 6) is -0.0256. The molecule has 0 saturated carbocycles. The first-order valence-electron chi connectivity index (χ1n) is 7.31. The van der Waals surface area contributed by atoms with Crippen molar-refractivity contribution in [1.82, 2.24) is 4.72 Å². The van der Waals surface area contributed by atoms with E-state index in [2.05, 4.69) is 14.9 Å². The Labute approximate surface area is 151 Å². The molecular weight excluding hydrogens is 362 g/mol. The molecule has 0 aliphatic rings. The van der Waals surface area contributed by atoms with Crippen LogP contribution in [0.2, 0.25) is 5.02 Å². The quantitative estimate of drug-likeness (QED) is 0.317. The Hall–Kier alpha value is -2.42. The van der Waals surface area contributed by atoms with E-state index in [1.54, 1.807) is 43.3 Å². The molecule has 0 aliphatic heterocycles. The maximum atomic E-state index is 12.4. The highest BCUT2D eigenvalue weighted by molar-refractivity contribution is 7.89. The van der Waals surface area contributed by atoms with Crippen LogP contribution in [0.1, 0.15) is 18.1 Å². The van der Waals surface area contributed by atoms with Crippen LogP contribution < -0.4 is 21.3 Å². The molecule has 7 nitrogen and oxygen atoms in total. The van der Waals surface area contributed by atoms with Gasteiger partial charge in [0, 0.05) is 11.6 Å². The van der Waals surface area contributed by atoms with Crippen LogP contribution in [0.15, 0.2) is 58.5 Å². The third-order valence-electron chi connectivity index (χ3n) is 3.35. The van der Waals surface area contributed by atoms with Gasteiger partial charge in [0.05, 0.1) is 10.6 Å². The molecule has 2 aromatic rings. The zero-order chi connectivity index (χ0) is 18.4. The van der Waals surface area contributed by atoms with Crippen molar-refractivity contribution in [3.8, 4) is 0 Å². The molecule has 132 valence electrons. The molecule has 0 heterocycles. The molecule has 0 saturated heterocycles. The number of hydrazone groups is 1. The van der Waals surface area contributed by atoms with Gasteiger partial charge in [-0.15, -0.1) is 5.10 Å². The largest absolute Gasteiger partial charge is 0.362 e. The van der Waals surface area contributed by atoms with Crippen LogP contribution in [0.4, 0.5) is 0 Å². The Morgan fingerprint density at radius 1 is 1.16 bits per heavy atom. The normalized spacial score (nSPS) is 12.0. The minimum Gasteiger partial charge on any atom is -0.289 e. The molecule has 0 unspecified atom stereocenters. The van der Waals surface area contributed by atoms with Gasteiger partial charge in [-0.05, 0) is 36.2 Å². The van der Waals surface area contributed by atoms with Gasteiger partial charge >= 0.3 is 5.96 Å². The number of guanidine groups is 1. The maximum absolute atomic E-state index is 12.4. The third-order valence-corrected chi connectivity index (χ3v) is 5.13. The van der Waals surface area contributed by atoms with Gasteiger partial charge in [-0.2, -0.15) is 5.10 Å². The van der Waals surface area contributed by atoms with Crippen molar-refractivity contribution in [3.05, 3.63) is 64.7 Å². The number of hydrogen-bond acceptors (Lipinski definition) is 3. The number of benzene rings is 2. The second kappa shape index (κ2) is 8.11. The van der Waals surface area contributed by atoms with Crippen LogP contribution in [-0.4, -0.2) is 20.1 Å². The SMILES string of the molecule is C/C(=N/[NH+]=C(N)N)c1ccc(S(=O)(=O)NCc2ccccc2Cl)cc1. The number of nitrogens with two attached hydrogens (primary N) is 2. The van der Waals surface area contributed by atoms with E-state index in [0.717, 1.165) is 5.56 Å². The highest BCUT2D eigenvalue weighted by Crippen LogP contribution is 2.16. The Bertz CT molecular complexity index is 904. The van der Waals surface area contributed by atoms with Crippen LogP contribution in [0.3, 0.4) is 0 Å². The summed E-state index contributed by atoms with van der Waals surface area (Å²) in [7, 11) is -3.65. The Morgan fingerprint density at radius 2 is 1.80 bits per heavy atom. The Kier molecular flexibility index (Phi) is 6.13. The maximum Gasteiger partial charge on any atom is 0.362 e. The van der Waals surface area contributed by atoms with E-state index in [-0.39, 0.29) is 17.4 Å². The summed E-state index contributed by atoms with van der Waals surface area (Å²) in [4.78, 5) is 0.147. The molecule has 0 bridgehead atoms. The van der Waals surface area contributed by atoms with Crippen molar-refractivity contribution >= 4 is 33.3 Å². The van der Waals surface area contributed by atoms with Gasteiger partial charge in [0.2, 0.25) is 10.0 Å². The number of hydrogen-bond donors (Lipinski definition) is 4. The molecule has 2 rings (SSSR count). The predicted molar refractivity (Wildman–Crippen MR) is 98.5 cm³/mol. The summed E-state index contributed by atoms with van der Waals surface area (Å²) >= 11 is 6.03. The summed E-state index contributed by atoms with van der Waals surface area (Å²) in [5, 5.41) is 6.93. The van der Waals surface area contributed by atoms with Crippen LogP contribution >= 0.6 is 11.6 Å². The molecule has 2 aromatic carbocycles. The molecular formula is C16H19ClN5O2S+. The number of nitrogens with one attached hydrogen (secondary N) is 2. The third kappa shape index (κ3) is 5.28. The lowest BCUT2D eigenvalue weighted by molar-refractivity contribution is -0.464. The molecule has 6 N–H and O–H groups in total. The summed E-state index contributed by atoms with van der Waals surface area (Å²) < 4.78 is 27.3. The highest BCUT2D eigenvalue weighted by Gasteiger charge is 2.14. The van der Waals surface area contributed by atoms with Crippen molar-refractivity contribution in [1.29, 1.82) is 0 Å². The van der Waals surface area contributed by atoms with Crippen molar-refractivity contribution in [3.63, 3.8) is 0 Å². The predicted octanol–water partition coefficient (Wildman–Crippen LogP) is -0.103. The fourth-order valence-electron chi connectivity index (χ4n) is 1.99. The highest BCUT2D eigenvalue weighted by atomic mass is 35.5. The number of sulfonamides is 1. The lowest BCUT2D eigenvalue weighted by atomic mass is 10.1. The van der Waals surface area contributed by atoms with Gasteiger partial charge in [0.1, 0.15) is 0 Å². The average molecular weight is 381 g/mol. The summed E-state index contributed by atoms with van der Waals surface area (Å²) in [6.45, 7) is 1.86. The van der Waals surface area contributed by atoms with Crippen molar-refractivity contribution in [2.45, 2.75) is 18.4 Å². The van der Waals surface area contributed by atoms with E-state index in [0.29, 0.717) is 16.3 Å². The van der Waals surface area contributed by atoms with Gasteiger partial charge in [0.25, 0.3) is 0 Å². The second-order valence-corrected chi connectivity index (χ2v) is 7.38. The standard InChI is InChI=1S/C16H18ClN5O2S/c1-11(21-22-16(18)19)12-6-8-14(9-7-12)25(23,24)20-10-13-4-2-3-5-15(13)17/h2-9,20H,10H2,1H3,(H4,18,19,22)/p+1/b21-11-. The van der Waals surface area contributed by atoms with E-state index < -0.39 is 10.0 Å². The van der Waals surface area contributed by atoms with Gasteiger partial charge in [-0.1, -0.05) is 41.9 Å². The molecule has 9 heteroatoms. The Balaban J connectivity index is 2.14. The van der Waals surface area contributed by atoms with E-state index in [9.17, 15) is 8.42 Å². The molecule has 0 spiro atoms. The lowest BCUT2D eigenvalue weighted by Gasteiger charge is -2.08. The van der Waals surface area contributed by atoms with Gasteiger partial charge in [-0.3, -0.25) is 11.5 Å². The average Bonchev–Trinajstić information content (AvgIpc) is 2.59. The van der Waals surface area contributed by atoms with Crippen molar-refractivity contribution in [2.75, 3.05) is 0 Å². The van der Waals surface area contributed by atoms with E-state index in [1.165, 1.54) is 12.1 Å². The van der Waals surface area contributed by atoms with E-state index in [4.69, 9.17) is 23.1 Å².